The predicted molar refractivity (Wildman–Crippen MR) is 102 cm³/mol. The van der Waals surface area contributed by atoms with Gasteiger partial charge in [0, 0.05) is 17.3 Å². The fourth-order valence-corrected chi connectivity index (χ4v) is 3.50. The average Bonchev–Trinajstić information content (AvgIpc) is 3.51. The van der Waals surface area contributed by atoms with Crippen LogP contribution in [-0.4, -0.2) is 22.1 Å². The van der Waals surface area contributed by atoms with E-state index in [0.717, 1.165) is 12.5 Å². The Labute approximate surface area is 167 Å². The van der Waals surface area contributed by atoms with Crippen molar-refractivity contribution < 1.29 is 22.3 Å². The van der Waals surface area contributed by atoms with Gasteiger partial charge >= 0.3 is 0 Å². The number of nitrogens with two attached hydrogens (primary N) is 1. The van der Waals surface area contributed by atoms with Gasteiger partial charge in [-0.3, -0.25) is 4.98 Å². The fourth-order valence-electron chi connectivity index (χ4n) is 3.50. The van der Waals surface area contributed by atoms with Crippen molar-refractivity contribution in [1.29, 1.82) is 0 Å². The number of nitrogens with zero attached hydrogens (tertiary/aromatic N) is 2. The number of rotatable bonds is 9. The smallest absolute Gasteiger partial charge is 0.284 e. The maximum absolute atomic E-state index is 13.6. The molecular formula is C21H25F4N3O. The van der Waals surface area contributed by atoms with Crippen LogP contribution in [-0.2, 0) is 0 Å². The minimum absolute atomic E-state index is 0.0531. The largest absolute Gasteiger partial charge is 0.490 e. The van der Waals surface area contributed by atoms with Crippen LogP contribution in [0.3, 0.4) is 0 Å². The molecule has 2 heterocycles. The molecule has 2 aromatic heterocycles. The summed E-state index contributed by atoms with van der Waals surface area (Å²) in [6.45, 7) is 4.07. The quantitative estimate of drug-likeness (QED) is 0.550. The van der Waals surface area contributed by atoms with E-state index >= 15 is 0 Å². The van der Waals surface area contributed by atoms with Crippen molar-refractivity contribution in [1.82, 2.24) is 9.97 Å². The molecule has 29 heavy (non-hydrogen) atoms. The number of halogens is 4. The lowest BCUT2D eigenvalue weighted by Gasteiger charge is -2.28. The molecule has 8 heteroatoms. The number of alkyl halides is 4. The summed E-state index contributed by atoms with van der Waals surface area (Å²) >= 11 is 0. The molecule has 2 atom stereocenters. The molecule has 1 unspecified atom stereocenters. The molecule has 4 nitrogen and oxygen atoms in total. The molecule has 0 saturated heterocycles. The molecule has 2 N–H and O–H groups in total. The van der Waals surface area contributed by atoms with Gasteiger partial charge in [0.25, 0.3) is 12.9 Å². The molecule has 158 valence electrons. The summed E-state index contributed by atoms with van der Waals surface area (Å²) in [7, 11) is 0. The zero-order valence-electron chi connectivity index (χ0n) is 16.4. The number of ether oxygens (including phenoxy) is 1. The molecular weight excluding hydrogens is 386 g/mol. The second-order valence-corrected chi connectivity index (χ2v) is 8.11. The summed E-state index contributed by atoms with van der Waals surface area (Å²) < 4.78 is 58.5. The van der Waals surface area contributed by atoms with Gasteiger partial charge in [0.2, 0.25) is 0 Å². The van der Waals surface area contributed by atoms with Crippen LogP contribution in [0.25, 0.3) is 11.3 Å². The van der Waals surface area contributed by atoms with Gasteiger partial charge < -0.3 is 10.5 Å². The Morgan fingerprint density at radius 3 is 2.52 bits per heavy atom. The summed E-state index contributed by atoms with van der Waals surface area (Å²) in [5.41, 5.74) is 5.11. The highest BCUT2D eigenvalue weighted by molar-refractivity contribution is 5.60. The van der Waals surface area contributed by atoms with Crippen LogP contribution < -0.4 is 10.5 Å². The van der Waals surface area contributed by atoms with Gasteiger partial charge in [-0.15, -0.1) is 0 Å². The van der Waals surface area contributed by atoms with Gasteiger partial charge in [-0.05, 0) is 62.3 Å². The monoisotopic (exact) mass is 411 g/mol. The van der Waals surface area contributed by atoms with Crippen LogP contribution in [0, 0.1) is 11.8 Å². The van der Waals surface area contributed by atoms with Crippen molar-refractivity contribution >= 4 is 0 Å². The Morgan fingerprint density at radius 1 is 1.17 bits per heavy atom. The molecule has 0 bridgehead atoms. The molecule has 0 aromatic carbocycles. The van der Waals surface area contributed by atoms with Gasteiger partial charge in [0.15, 0.2) is 0 Å². The van der Waals surface area contributed by atoms with Gasteiger partial charge in [-0.25, -0.2) is 22.5 Å². The molecule has 1 saturated carbocycles. The van der Waals surface area contributed by atoms with Gasteiger partial charge in [0.05, 0.1) is 5.69 Å². The van der Waals surface area contributed by atoms with Crippen LogP contribution in [0.5, 0.6) is 5.75 Å². The van der Waals surface area contributed by atoms with Crippen molar-refractivity contribution in [2.75, 3.05) is 6.61 Å². The molecule has 1 fully saturated rings. The van der Waals surface area contributed by atoms with Gasteiger partial charge in [-0.2, -0.15) is 0 Å². The van der Waals surface area contributed by atoms with Crippen molar-refractivity contribution in [3.05, 3.63) is 41.9 Å². The SMILES string of the molecule is CC(C[C@](C)(N)COc1ccc(-c2ccnc(C(F)F)c2)nc1C(F)F)C1CC1. The highest BCUT2D eigenvalue weighted by atomic mass is 19.3. The Hall–Kier alpha value is -2.22. The highest BCUT2D eigenvalue weighted by Gasteiger charge is 2.33. The average molecular weight is 411 g/mol. The maximum Gasteiger partial charge on any atom is 0.284 e. The van der Waals surface area contributed by atoms with E-state index in [1.807, 2.05) is 6.92 Å². The highest BCUT2D eigenvalue weighted by Crippen LogP contribution is 2.40. The Morgan fingerprint density at radius 2 is 1.90 bits per heavy atom. The minimum Gasteiger partial charge on any atom is -0.490 e. The van der Waals surface area contributed by atoms with E-state index in [1.54, 1.807) is 0 Å². The standard InChI is InChI=1S/C21H25F4N3O/c1-12(13-3-4-13)10-21(2,26)11-29-17-6-5-15(28-18(17)20(24)25)14-7-8-27-16(9-14)19(22)23/h5-9,12-13,19-20H,3-4,10-11,26H2,1-2H3/t12?,21-/m0/s1. The third-order valence-corrected chi connectivity index (χ3v) is 5.17. The summed E-state index contributed by atoms with van der Waals surface area (Å²) in [6.07, 6.45) is -1.28. The molecule has 0 aliphatic heterocycles. The minimum atomic E-state index is -2.88. The molecule has 0 spiro atoms. The first-order valence-electron chi connectivity index (χ1n) is 9.61. The second-order valence-electron chi connectivity index (χ2n) is 8.11. The normalized spacial score (nSPS) is 17.4. The summed E-state index contributed by atoms with van der Waals surface area (Å²) in [5, 5.41) is 0. The third-order valence-electron chi connectivity index (χ3n) is 5.17. The molecule has 3 rings (SSSR count). The molecule has 1 aliphatic carbocycles. The van der Waals surface area contributed by atoms with E-state index in [4.69, 9.17) is 10.5 Å². The molecule has 0 amide bonds. The van der Waals surface area contributed by atoms with E-state index in [-0.39, 0.29) is 23.6 Å². The maximum atomic E-state index is 13.6. The predicted octanol–water partition coefficient (Wildman–Crippen LogP) is 5.55. The first-order valence-corrected chi connectivity index (χ1v) is 9.61. The van der Waals surface area contributed by atoms with Gasteiger partial charge in [-0.1, -0.05) is 6.92 Å². The van der Waals surface area contributed by atoms with Crippen molar-refractivity contribution in [3.63, 3.8) is 0 Å². The van der Waals surface area contributed by atoms with Crippen LogP contribution in [0.1, 0.15) is 57.3 Å². The summed E-state index contributed by atoms with van der Waals surface area (Å²) in [5.74, 6) is 1.09. The van der Waals surface area contributed by atoms with E-state index in [0.29, 0.717) is 11.8 Å². The van der Waals surface area contributed by atoms with Crippen LogP contribution in [0.2, 0.25) is 0 Å². The summed E-state index contributed by atoms with van der Waals surface area (Å²) in [6, 6.07) is 5.43. The second kappa shape index (κ2) is 8.65. The van der Waals surface area contributed by atoms with Crippen LogP contribution in [0.4, 0.5) is 17.6 Å². The lowest BCUT2D eigenvalue weighted by Crippen LogP contribution is -2.44. The first kappa shape index (κ1) is 21.5. The number of aromatic nitrogens is 2. The Balaban J connectivity index is 1.76. The third kappa shape index (κ3) is 5.65. The molecule has 1 aliphatic rings. The topological polar surface area (TPSA) is 61.0 Å². The van der Waals surface area contributed by atoms with Crippen molar-refractivity contribution in [3.8, 4) is 17.0 Å². The number of pyridine rings is 2. The van der Waals surface area contributed by atoms with Crippen LogP contribution in [0.15, 0.2) is 30.5 Å². The summed E-state index contributed by atoms with van der Waals surface area (Å²) in [4.78, 5) is 7.53. The molecule has 2 aromatic rings. The van der Waals surface area contributed by atoms with Gasteiger partial charge in [0.1, 0.15) is 23.7 Å². The number of hydrogen-bond acceptors (Lipinski definition) is 4. The van der Waals surface area contributed by atoms with E-state index < -0.39 is 29.8 Å². The molecule has 0 radical (unpaired) electrons. The zero-order chi connectivity index (χ0) is 21.2. The van der Waals surface area contributed by atoms with E-state index in [2.05, 4.69) is 16.9 Å². The Bertz CT molecular complexity index is 840. The number of hydrogen-bond donors (Lipinski definition) is 1. The van der Waals surface area contributed by atoms with Crippen molar-refractivity contribution in [2.45, 2.75) is 51.5 Å². The Kier molecular flexibility index (Phi) is 6.41. The van der Waals surface area contributed by atoms with Crippen LogP contribution >= 0.6 is 0 Å². The first-order chi connectivity index (χ1) is 13.7. The van der Waals surface area contributed by atoms with Crippen molar-refractivity contribution in [2.24, 2.45) is 17.6 Å². The fraction of sp³-hybridized carbons (Fsp3) is 0.524. The lowest BCUT2D eigenvalue weighted by molar-refractivity contribution is 0.134. The van der Waals surface area contributed by atoms with E-state index in [9.17, 15) is 17.6 Å². The zero-order valence-corrected chi connectivity index (χ0v) is 16.4. The lowest BCUT2D eigenvalue weighted by atomic mass is 9.88. The van der Waals surface area contributed by atoms with E-state index in [1.165, 1.54) is 37.2 Å².